The zero-order valence-corrected chi connectivity index (χ0v) is 11.5. The number of amides is 1. The Hall–Kier alpha value is -0.650. The third-order valence-corrected chi connectivity index (χ3v) is 3.74. The lowest BCUT2D eigenvalue weighted by Gasteiger charge is -2.32. The second-order valence-electron chi connectivity index (χ2n) is 5.56. The van der Waals surface area contributed by atoms with E-state index in [4.69, 9.17) is 5.73 Å². The summed E-state index contributed by atoms with van der Waals surface area (Å²) in [5, 5.41) is 3.02. The first kappa shape index (κ1) is 14.4. The van der Waals surface area contributed by atoms with Crippen molar-refractivity contribution in [3.05, 3.63) is 0 Å². The first-order valence-electron chi connectivity index (χ1n) is 6.23. The minimum atomic E-state index is -0.640. The van der Waals surface area contributed by atoms with Gasteiger partial charge in [0.2, 0.25) is 5.91 Å². The van der Waals surface area contributed by atoms with E-state index >= 15 is 0 Å². The van der Waals surface area contributed by atoms with E-state index in [0.717, 1.165) is 13.1 Å². The van der Waals surface area contributed by atoms with E-state index in [0.29, 0.717) is 12.5 Å². The van der Waals surface area contributed by atoms with Crippen LogP contribution in [-0.2, 0) is 4.79 Å². The topological polar surface area (TPSA) is 61.6 Å². The van der Waals surface area contributed by atoms with Crippen molar-refractivity contribution >= 4 is 5.91 Å². The quantitative estimate of drug-likeness (QED) is 0.649. The molecule has 100 valence electrons. The number of likely N-dealkylation sites (N-methyl/N-ethyl adjacent to an activating group) is 2. The van der Waals surface area contributed by atoms with Crippen molar-refractivity contribution in [2.75, 3.05) is 47.3 Å². The molecule has 0 radical (unpaired) electrons. The summed E-state index contributed by atoms with van der Waals surface area (Å²) in [5.41, 5.74) is 4.78. The van der Waals surface area contributed by atoms with Gasteiger partial charge in [0.05, 0.1) is 0 Å². The molecule has 0 spiro atoms. The third-order valence-electron chi connectivity index (χ3n) is 3.74. The van der Waals surface area contributed by atoms with E-state index in [9.17, 15) is 4.79 Å². The van der Waals surface area contributed by atoms with Gasteiger partial charge in [0.25, 0.3) is 0 Å². The van der Waals surface area contributed by atoms with Gasteiger partial charge >= 0.3 is 0 Å². The maximum atomic E-state index is 11.4. The number of likely N-dealkylation sites (tertiary alicyclic amines) is 1. The number of nitrogens with zero attached hydrogens (tertiary/aromatic N) is 2. The van der Waals surface area contributed by atoms with E-state index in [2.05, 4.69) is 29.2 Å². The molecule has 1 amide bonds. The van der Waals surface area contributed by atoms with Crippen LogP contribution in [0.2, 0.25) is 0 Å². The highest BCUT2D eigenvalue weighted by molar-refractivity contribution is 5.84. The zero-order chi connectivity index (χ0) is 13.1. The van der Waals surface area contributed by atoms with Crippen LogP contribution in [0.3, 0.4) is 0 Å². The number of carbonyl (C=O) groups is 1. The van der Waals surface area contributed by atoms with Gasteiger partial charge in [-0.15, -0.1) is 0 Å². The van der Waals surface area contributed by atoms with Crippen LogP contribution in [0.25, 0.3) is 0 Å². The van der Waals surface area contributed by atoms with Crippen LogP contribution in [0, 0.1) is 5.92 Å². The maximum absolute atomic E-state index is 11.4. The minimum Gasteiger partial charge on any atom is -0.368 e. The number of primary amides is 1. The first-order chi connectivity index (χ1) is 7.87. The Balaban J connectivity index is 2.43. The van der Waals surface area contributed by atoms with Gasteiger partial charge in [0, 0.05) is 19.6 Å². The van der Waals surface area contributed by atoms with Crippen molar-refractivity contribution in [3.63, 3.8) is 0 Å². The lowest BCUT2D eigenvalue weighted by atomic mass is 10.0. The molecule has 5 heteroatoms. The van der Waals surface area contributed by atoms with Crippen molar-refractivity contribution in [2.24, 2.45) is 11.7 Å². The zero-order valence-electron chi connectivity index (χ0n) is 11.5. The number of carbonyl (C=O) groups excluding carboxylic acids is 1. The summed E-state index contributed by atoms with van der Waals surface area (Å²) >= 11 is 0. The van der Waals surface area contributed by atoms with Crippen LogP contribution in [0.1, 0.15) is 13.3 Å². The average molecular weight is 242 g/mol. The van der Waals surface area contributed by atoms with Crippen LogP contribution < -0.4 is 11.1 Å². The molecule has 3 N–H and O–H groups in total. The van der Waals surface area contributed by atoms with Crippen LogP contribution in [0.5, 0.6) is 0 Å². The molecule has 1 fully saturated rings. The molecule has 0 aromatic rings. The van der Waals surface area contributed by atoms with E-state index < -0.39 is 5.54 Å². The van der Waals surface area contributed by atoms with E-state index in [1.165, 1.54) is 13.0 Å². The molecular weight excluding hydrogens is 216 g/mol. The summed E-state index contributed by atoms with van der Waals surface area (Å²) in [6.07, 6.45) is 1.24. The Kier molecular flexibility index (Phi) is 4.91. The Morgan fingerprint density at radius 3 is 2.71 bits per heavy atom. The van der Waals surface area contributed by atoms with Crippen molar-refractivity contribution in [1.82, 2.24) is 15.1 Å². The summed E-state index contributed by atoms with van der Waals surface area (Å²) in [6, 6.07) is 0. The first-order valence-corrected chi connectivity index (χ1v) is 6.23. The Morgan fingerprint density at radius 2 is 2.29 bits per heavy atom. The van der Waals surface area contributed by atoms with Gasteiger partial charge in [-0.3, -0.25) is 4.79 Å². The van der Waals surface area contributed by atoms with E-state index in [-0.39, 0.29) is 5.91 Å². The van der Waals surface area contributed by atoms with Crippen molar-refractivity contribution in [3.8, 4) is 0 Å². The molecule has 1 rings (SSSR count). The Bertz CT molecular complexity index is 271. The van der Waals surface area contributed by atoms with Crippen LogP contribution >= 0.6 is 0 Å². The van der Waals surface area contributed by atoms with E-state index in [1.54, 1.807) is 7.05 Å². The second-order valence-corrected chi connectivity index (χ2v) is 5.56. The van der Waals surface area contributed by atoms with Gasteiger partial charge in [0.1, 0.15) is 5.54 Å². The van der Waals surface area contributed by atoms with Crippen molar-refractivity contribution < 1.29 is 4.79 Å². The molecule has 5 nitrogen and oxygen atoms in total. The summed E-state index contributed by atoms with van der Waals surface area (Å²) in [6.45, 7) is 5.86. The average Bonchev–Trinajstić information content (AvgIpc) is 2.63. The number of nitrogens with one attached hydrogen (secondary N) is 1. The van der Waals surface area contributed by atoms with E-state index in [1.807, 2.05) is 6.92 Å². The number of nitrogens with two attached hydrogens (primary N) is 1. The smallest absolute Gasteiger partial charge is 0.238 e. The second kappa shape index (κ2) is 5.80. The van der Waals surface area contributed by atoms with Gasteiger partial charge in [-0.2, -0.15) is 0 Å². The summed E-state index contributed by atoms with van der Waals surface area (Å²) in [5.74, 6) is 0.411. The number of rotatable bonds is 6. The number of hydrogen-bond donors (Lipinski definition) is 2. The van der Waals surface area contributed by atoms with Crippen LogP contribution in [0.15, 0.2) is 0 Å². The molecule has 1 saturated heterocycles. The highest BCUT2D eigenvalue weighted by Crippen LogP contribution is 2.16. The predicted molar refractivity (Wildman–Crippen MR) is 69.8 cm³/mol. The highest BCUT2D eigenvalue weighted by Gasteiger charge is 2.31. The van der Waals surface area contributed by atoms with Gasteiger partial charge in [-0.1, -0.05) is 0 Å². The molecule has 1 heterocycles. The Morgan fingerprint density at radius 1 is 1.65 bits per heavy atom. The largest absolute Gasteiger partial charge is 0.368 e. The fraction of sp³-hybridized carbons (Fsp3) is 0.917. The maximum Gasteiger partial charge on any atom is 0.238 e. The van der Waals surface area contributed by atoms with Crippen LogP contribution in [0.4, 0.5) is 0 Å². The monoisotopic (exact) mass is 242 g/mol. The molecule has 1 aliphatic rings. The van der Waals surface area contributed by atoms with Crippen LogP contribution in [-0.4, -0.2) is 68.6 Å². The molecular formula is C12H26N4O. The standard InChI is InChI=1S/C12H26N4O/c1-12(14-2,11(13)17)9-16(4)8-10-5-6-15(3)7-10/h10,14H,5-9H2,1-4H3,(H2,13,17). The molecule has 0 saturated carbocycles. The fourth-order valence-electron chi connectivity index (χ4n) is 2.50. The van der Waals surface area contributed by atoms with Gasteiger partial charge in [-0.25, -0.2) is 0 Å². The van der Waals surface area contributed by atoms with Gasteiger partial charge in [0.15, 0.2) is 0 Å². The molecule has 0 aliphatic carbocycles. The molecule has 0 bridgehead atoms. The predicted octanol–water partition coefficient (Wildman–Crippen LogP) is -0.667. The molecule has 2 unspecified atom stereocenters. The van der Waals surface area contributed by atoms with Gasteiger partial charge in [-0.05, 0) is 47.0 Å². The minimum absolute atomic E-state index is 0.296. The Labute approximate surface area is 104 Å². The molecule has 0 aromatic carbocycles. The van der Waals surface area contributed by atoms with Crippen molar-refractivity contribution in [2.45, 2.75) is 18.9 Å². The third kappa shape index (κ3) is 3.94. The summed E-state index contributed by atoms with van der Waals surface area (Å²) in [7, 11) is 5.99. The summed E-state index contributed by atoms with van der Waals surface area (Å²) < 4.78 is 0. The molecule has 1 aliphatic heterocycles. The number of hydrogen-bond acceptors (Lipinski definition) is 4. The molecule has 17 heavy (non-hydrogen) atoms. The molecule has 0 aromatic heterocycles. The fourth-order valence-corrected chi connectivity index (χ4v) is 2.50. The normalized spacial score (nSPS) is 25.1. The lowest BCUT2D eigenvalue weighted by molar-refractivity contribution is -0.124. The summed E-state index contributed by atoms with van der Waals surface area (Å²) in [4.78, 5) is 16.0. The van der Waals surface area contributed by atoms with Gasteiger partial charge < -0.3 is 20.9 Å². The SMILES string of the molecule is CNC(C)(CN(C)CC1CCN(C)C1)C(N)=O. The lowest BCUT2D eigenvalue weighted by Crippen LogP contribution is -2.58. The highest BCUT2D eigenvalue weighted by atomic mass is 16.1. The molecule has 2 atom stereocenters. The van der Waals surface area contributed by atoms with Crippen molar-refractivity contribution in [1.29, 1.82) is 0 Å².